The normalized spacial score (nSPS) is 12.4. The van der Waals surface area contributed by atoms with E-state index in [-0.39, 0.29) is 0 Å². The Labute approximate surface area is 112 Å². The molecule has 2 rings (SSSR count). The third-order valence-corrected chi connectivity index (χ3v) is 4.26. The average molecular weight is 261 g/mol. The number of hydrogen-bond acceptors (Lipinski definition) is 4. The maximum Gasteiger partial charge on any atom is 0.131 e. The van der Waals surface area contributed by atoms with Gasteiger partial charge in [-0.2, -0.15) is 0 Å². The van der Waals surface area contributed by atoms with Crippen LogP contribution < -0.4 is 10.6 Å². The third-order valence-electron chi connectivity index (χ3n) is 3.21. The maximum atomic E-state index is 5.63. The van der Waals surface area contributed by atoms with Crippen LogP contribution in [0.5, 0.6) is 0 Å². The summed E-state index contributed by atoms with van der Waals surface area (Å²) in [6, 6.07) is 6.69. The number of aromatic nitrogens is 1. The maximum absolute atomic E-state index is 5.63. The number of pyridine rings is 1. The summed E-state index contributed by atoms with van der Waals surface area (Å²) in [4.78, 5) is 8.09. The Kier molecular flexibility index (Phi) is 3.99. The molecular formula is C14H19N3S. The molecule has 0 aliphatic rings. The molecule has 18 heavy (non-hydrogen) atoms. The summed E-state index contributed by atoms with van der Waals surface area (Å²) in [5, 5.41) is 2.11. The zero-order valence-corrected chi connectivity index (χ0v) is 11.9. The quantitative estimate of drug-likeness (QED) is 0.919. The van der Waals surface area contributed by atoms with Gasteiger partial charge in [-0.15, -0.1) is 11.3 Å². The van der Waals surface area contributed by atoms with Gasteiger partial charge in [0.25, 0.3) is 0 Å². The minimum absolute atomic E-state index is 0.333. The molecule has 0 aliphatic heterocycles. The zero-order chi connectivity index (χ0) is 13.1. The summed E-state index contributed by atoms with van der Waals surface area (Å²) < 4.78 is 0. The molecule has 96 valence electrons. The third kappa shape index (κ3) is 2.54. The van der Waals surface area contributed by atoms with Gasteiger partial charge in [-0.1, -0.05) is 6.07 Å². The molecule has 0 bridgehead atoms. The lowest BCUT2D eigenvalue weighted by Gasteiger charge is -2.26. The summed E-state index contributed by atoms with van der Waals surface area (Å²) in [7, 11) is 2.09. The number of anilines is 1. The first-order valence-electron chi connectivity index (χ1n) is 6.05. The van der Waals surface area contributed by atoms with Crippen LogP contribution in [-0.2, 0) is 6.54 Å². The van der Waals surface area contributed by atoms with Crippen molar-refractivity contribution in [3.05, 3.63) is 45.8 Å². The van der Waals surface area contributed by atoms with Crippen LogP contribution in [0, 0.1) is 6.92 Å². The van der Waals surface area contributed by atoms with Gasteiger partial charge in [0.05, 0.1) is 6.04 Å². The number of nitrogens with zero attached hydrogens (tertiary/aromatic N) is 2. The van der Waals surface area contributed by atoms with Crippen LogP contribution in [-0.4, -0.2) is 12.0 Å². The molecule has 1 atom stereocenters. The second kappa shape index (κ2) is 5.50. The number of rotatable bonds is 4. The van der Waals surface area contributed by atoms with Crippen molar-refractivity contribution in [1.82, 2.24) is 4.98 Å². The van der Waals surface area contributed by atoms with Crippen molar-refractivity contribution in [2.75, 3.05) is 11.9 Å². The largest absolute Gasteiger partial charge is 0.352 e. The molecule has 2 aromatic rings. The molecule has 1 unspecified atom stereocenters. The minimum Gasteiger partial charge on any atom is -0.352 e. The Morgan fingerprint density at radius 1 is 1.50 bits per heavy atom. The lowest BCUT2D eigenvalue weighted by molar-refractivity contribution is 0.738. The molecule has 0 saturated heterocycles. The average Bonchev–Trinajstić information content (AvgIpc) is 2.90. The van der Waals surface area contributed by atoms with Gasteiger partial charge in [0.1, 0.15) is 5.82 Å². The Morgan fingerprint density at radius 3 is 2.83 bits per heavy atom. The van der Waals surface area contributed by atoms with Gasteiger partial charge in [0, 0.05) is 24.7 Å². The van der Waals surface area contributed by atoms with E-state index in [9.17, 15) is 0 Å². The van der Waals surface area contributed by atoms with E-state index in [0.717, 1.165) is 11.4 Å². The molecule has 0 amide bonds. The highest BCUT2D eigenvalue weighted by Gasteiger charge is 2.16. The Balaban J connectivity index is 2.26. The molecule has 3 nitrogen and oxygen atoms in total. The summed E-state index contributed by atoms with van der Waals surface area (Å²) in [6.07, 6.45) is 1.86. The van der Waals surface area contributed by atoms with Crippen molar-refractivity contribution in [2.45, 2.75) is 26.4 Å². The van der Waals surface area contributed by atoms with Gasteiger partial charge >= 0.3 is 0 Å². The molecule has 0 saturated carbocycles. The second-order valence-electron chi connectivity index (χ2n) is 4.49. The summed E-state index contributed by atoms with van der Waals surface area (Å²) >= 11 is 1.78. The zero-order valence-electron chi connectivity index (χ0n) is 11.1. The lowest BCUT2D eigenvalue weighted by atomic mass is 10.1. The number of hydrogen-bond donors (Lipinski definition) is 1. The van der Waals surface area contributed by atoms with Gasteiger partial charge < -0.3 is 10.6 Å². The van der Waals surface area contributed by atoms with Crippen molar-refractivity contribution in [3.8, 4) is 0 Å². The lowest BCUT2D eigenvalue weighted by Crippen LogP contribution is -2.23. The molecule has 2 heterocycles. The number of nitrogens with two attached hydrogens (primary N) is 1. The van der Waals surface area contributed by atoms with E-state index in [1.54, 1.807) is 11.3 Å². The van der Waals surface area contributed by atoms with E-state index >= 15 is 0 Å². The topological polar surface area (TPSA) is 42.1 Å². The molecular weight excluding hydrogens is 242 g/mol. The van der Waals surface area contributed by atoms with E-state index in [4.69, 9.17) is 5.73 Å². The van der Waals surface area contributed by atoms with Crippen LogP contribution in [0.2, 0.25) is 0 Å². The van der Waals surface area contributed by atoms with Crippen molar-refractivity contribution in [2.24, 2.45) is 5.73 Å². The minimum atomic E-state index is 0.333. The predicted molar refractivity (Wildman–Crippen MR) is 78.0 cm³/mol. The van der Waals surface area contributed by atoms with Crippen molar-refractivity contribution >= 4 is 17.2 Å². The molecule has 0 aliphatic carbocycles. The van der Waals surface area contributed by atoms with Gasteiger partial charge in [0.2, 0.25) is 0 Å². The van der Waals surface area contributed by atoms with Crippen LogP contribution in [0.1, 0.15) is 29.0 Å². The first-order valence-corrected chi connectivity index (χ1v) is 6.93. The summed E-state index contributed by atoms with van der Waals surface area (Å²) in [5.74, 6) is 1.02. The molecule has 2 N–H and O–H groups in total. The molecule has 2 aromatic heterocycles. The SMILES string of the molecule is Cc1cc(CN)cnc1N(C)C(C)c1cccs1. The highest BCUT2D eigenvalue weighted by atomic mass is 32.1. The van der Waals surface area contributed by atoms with Crippen molar-refractivity contribution in [1.29, 1.82) is 0 Å². The van der Waals surface area contributed by atoms with Crippen molar-refractivity contribution < 1.29 is 0 Å². The highest BCUT2D eigenvalue weighted by molar-refractivity contribution is 7.10. The van der Waals surface area contributed by atoms with Crippen molar-refractivity contribution in [3.63, 3.8) is 0 Å². The fourth-order valence-corrected chi connectivity index (χ4v) is 2.84. The monoisotopic (exact) mass is 261 g/mol. The molecule has 0 radical (unpaired) electrons. The summed E-state index contributed by atoms with van der Waals surface area (Å²) in [5.41, 5.74) is 7.88. The van der Waals surface area contributed by atoms with Gasteiger partial charge in [0.15, 0.2) is 0 Å². The predicted octanol–water partition coefficient (Wildman–Crippen LogP) is 3.11. The number of aryl methyl sites for hydroxylation is 1. The van der Waals surface area contributed by atoms with E-state index < -0.39 is 0 Å². The van der Waals surface area contributed by atoms with E-state index in [0.29, 0.717) is 12.6 Å². The van der Waals surface area contributed by atoms with E-state index in [1.165, 1.54) is 10.4 Å². The van der Waals surface area contributed by atoms with Crippen LogP contribution in [0.4, 0.5) is 5.82 Å². The Hall–Kier alpha value is -1.39. The van der Waals surface area contributed by atoms with Gasteiger partial charge in [-0.25, -0.2) is 4.98 Å². The second-order valence-corrected chi connectivity index (χ2v) is 5.47. The van der Waals surface area contributed by atoms with Gasteiger partial charge in [-0.05, 0) is 42.5 Å². The van der Waals surface area contributed by atoms with Gasteiger partial charge in [-0.3, -0.25) is 0 Å². The smallest absolute Gasteiger partial charge is 0.131 e. The fraction of sp³-hybridized carbons (Fsp3) is 0.357. The van der Waals surface area contributed by atoms with Crippen LogP contribution in [0.3, 0.4) is 0 Å². The first-order chi connectivity index (χ1) is 8.63. The summed E-state index contributed by atoms with van der Waals surface area (Å²) in [6.45, 7) is 4.82. The Bertz CT molecular complexity index is 508. The molecule has 0 aromatic carbocycles. The molecule has 0 spiro atoms. The molecule has 4 heteroatoms. The Morgan fingerprint density at radius 2 is 2.28 bits per heavy atom. The standard InChI is InChI=1S/C14H19N3S/c1-10-7-12(8-15)9-16-14(10)17(3)11(2)13-5-4-6-18-13/h4-7,9,11H,8,15H2,1-3H3. The van der Waals surface area contributed by atoms with Crippen LogP contribution >= 0.6 is 11.3 Å². The highest BCUT2D eigenvalue weighted by Crippen LogP contribution is 2.28. The van der Waals surface area contributed by atoms with Crippen LogP contribution in [0.25, 0.3) is 0 Å². The fourth-order valence-electron chi connectivity index (χ4n) is 2.01. The number of thiophene rings is 1. The molecule has 0 fully saturated rings. The van der Waals surface area contributed by atoms with E-state index in [1.807, 2.05) is 6.20 Å². The van der Waals surface area contributed by atoms with E-state index in [2.05, 4.69) is 54.4 Å². The van der Waals surface area contributed by atoms with Crippen LogP contribution in [0.15, 0.2) is 29.8 Å². The first kappa shape index (κ1) is 13.1.